The molecule has 2 aliphatic rings. The van der Waals surface area contributed by atoms with Crippen LogP contribution < -0.4 is 24.1 Å². The Balaban J connectivity index is 0.000000300. The SMILES string of the molecule is CC(C)Oc1cccc(OC(C)C)c1-c1ccccc1[PH](OS(C)(=O)=O)(C1CCCCC1)C1CCCCC1.CNc1ccccc1-c1cccc[c]1[Pd]. The van der Waals surface area contributed by atoms with E-state index in [0.717, 1.165) is 89.0 Å². The molecule has 0 atom stereocenters. The van der Waals surface area contributed by atoms with E-state index in [1.807, 2.05) is 71.1 Å². The summed E-state index contributed by atoms with van der Waals surface area (Å²) in [5, 5.41) is 4.30. The molecule has 4 aromatic rings. The van der Waals surface area contributed by atoms with Gasteiger partial charge in [0.05, 0.1) is 0 Å². The molecule has 0 aliphatic heterocycles. The molecule has 9 heteroatoms. The number of ether oxygens (including phenoxy) is 2. The van der Waals surface area contributed by atoms with Crippen molar-refractivity contribution in [2.24, 2.45) is 0 Å². The number of nitrogens with one attached hydrogen (secondary N) is 1. The van der Waals surface area contributed by atoms with Gasteiger partial charge in [0.2, 0.25) is 0 Å². The Hall–Kier alpha value is -2.72. The fourth-order valence-electron chi connectivity index (χ4n) is 8.39. The van der Waals surface area contributed by atoms with Gasteiger partial charge in [0.1, 0.15) is 0 Å². The van der Waals surface area contributed by atoms with Gasteiger partial charge in [-0.2, -0.15) is 0 Å². The minimum absolute atomic E-state index is 0.0128. The van der Waals surface area contributed by atoms with Crippen LogP contribution in [0.4, 0.5) is 5.69 Å². The van der Waals surface area contributed by atoms with Crippen molar-refractivity contribution in [2.75, 3.05) is 18.6 Å². The molecule has 4 aromatic carbocycles. The fraction of sp³-hybridized carbons (Fsp3) is 0.455. The van der Waals surface area contributed by atoms with Crippen LogP contribution in [0.3, 0.4) is 0 Å². The maximum absolute atomic E-state index is 13.1. The van der Waals surface area contributed by atoms with E-state index >= 15 is 0 Å². The normalized spacial score (nSPS) is 16.2. The summed E-state index contributed by atoms with van der Waals surface area (Å²) in [5.41, 5.74) is 6.05. The van der Waals surface area contributed by atoms with Crippen LogP contribution in [0.15, 0.2) is 91.0 Å². The quantitative estimate of drug-likeness (QED) is 0.113. The molecule has 2 fully saturated rings. The van der Waals surface area contributed by atoms with Crippen LogP contribution in [-0.4, -0.2) is 45.2 Å². The zero-order chi connectivity index (χ0) is 38.0. The van der Waals surface area contributed by atoms with Crippen LogP contribution in [0.1, 0.15) is 91.9 Å². The van der Waals surface area contributed by atoms with Crippen molar-refractivity contribution >= 4 is 32.6 Å². The van der Waals surface area contributed by atoms with Crippen molar-refractivity contribution in [1.29, 1.82) is 0 Å². The first-order valence-electron chi connectivity index (χ1n) is 19.4. The van der Waals surface area contributed by atoms with Crippen molar-refractivity contribution in [1.82, 2.24) is 0 Å². The van der Waals surface area contributed by atoms with Crippen LogP contribution in [0.2, 0.25) is 0 Å². The Bertz CT molecular complexity index is 1840. The predicted molar refractivity (Wildman–Crippen MR) is 222 cm³/mol. The molecule has 6 nitrogen and oxygen atoms in total. The van der Waals surface area contributed by atoms with E-state index in [2.05, 4.69) is 79.1 Å². The molecule has 0 bridgehead atoms. The van der Waals surface area contributed by atoms with Gasteiger partial charge in [-0.15, -0.1) is 0 Å². The average molecular weight is 851 g/mol. The van der Waals surface area contributed by atoms with Crippen molar-refractivity contribution in [3.8, 4) is 33.8 Å². The van der Waals surface area contributed by atoms with Gasteiger partial charge in [-0.05, 0) is 0 Å². The Labute approximate surface area is 330 Å². The standard InChI is InChI=1S/C31H47O5PS.C13H12N.Pd/c1-23(2)34-28-20-14-21-29(35-24(3)4)31(28)27-19-12-13-22-30(27)37(36-38(5,32)33,25-15-8-6-9-16-25)26-17-10-7-11-18-26;1-14-13-10-6-5-9-12(13)11-7-3-2-4-8-11;/h12-14,19-26,37H,6-11,15-18H2,1-5H3;2-7,9-10,14H,1H3;. The summed E-state index contributed by atoms with van der Waals surface area (Å²) in [6.45, 7) is 8.12. The van der Waals surface area contributed by atoms with Gasteiger partial charge < -0.3 is 0 Å². The molecule has 0 spiro atoms. The molecule has 6 rings (SSSR count). The summed E-state index contributed by atoms with van der Waals surface area (Å²) in [5.74, 6) is 1.53. The minimum atomic E-state index is -3.69. The van der Waals surface area contributed by atoms with E-state index in [0.29, 0.717) is 0 Å². The molecule has 291 valence electrons. The van der Waals surface area contributed by atoms with E-state index < -0.39 is 17.6 Å². The molecule has 2 saturated carbocycles. The van der Waals surface area contributed by atoms with E-state index in [1.165, 1.54) is 30.2 Å². The summed E-state index contributed by atoms with van der Waals surface area (Å²) in [6, 6.07) is 31.0. The molecule has 0 radical (unpaired) electrons. The molecule has 2 aliphatic carbocycles. The van der Waals surface area contributed by atoms with Gasteiger partial charge in [-0.25, -0.2) is 0 Å². The molecule has 0 amide bonds. The topological polar surface area (TPSA) is 73.9 Å². The van der Waals surface area contributed by atoms with Crippen molar-refractivity contribution < 1.29 is 41.1 Å². The molecular weight excluding hydrogens is 792 g/mol. The van der Waals surface area contributed by atoms with Gasteiger partial charge in [0.15, 0.2) is 0 Å². The molecule has 53 heavy (non-hydrogen) atoms. The maximum atomic E-state index is 13.1. The summed E-state index contributed by atoms with van der Waals surface area (Å²) >= 11 is 3.28. The van der Waals surface area contributed by atoms with Gasteiger partial charge in [0, 0.05) is 0 Å². The van der Waals surface area contributed by atoms with E-state index in [-0.39, 0.29) is 23.5 Å². The van der Waals surface area contributed by atoms with Crippen LogP contribution in [0.25, 0.3) is 22.3 Å². The van der Waals surface area contributed by atoms with Gasteiger partial charge >= 0.3 is 332 Å². The van der Waals surface area contributed by atoms with Crippen LogP contribution in [0.5, 0.6) is 11.5 Å². The van der Waals surface area contributed by atoms with E-state index in [1.54, 1.807) is 0 Å². The summed E-state index contributed by atoms with van der Waals surface area (Å²) in [7, 11) is -4.80. The second-order valence-corrected chi connectivity index (χ2v) is 21.7. The van der Waals surface area contributed by atoms with Crippen LogP contribution in [-0.2, 0) is 33.3 Å². The van der Waals surface area contributed by atoms with E-state index in [4.69, 9.17) is 13.4 Å². The third-order valence-corrected chi connectivity index (χ3v) is 18.2. The van der Waals surface area contributed by atoms with Gasteiger partial charge in [0.25, 0.3) is 0 Å². The van der Waals surface area contributed by atoms with Crippen LogP contribution >= 0.6 is 7.49 Å². The first-order valence-corrected chi connectivity index (χ1v) is 24.1. The van der Waals surface area contributed by atoms with Gasteiger partial charge in [-0.3, -0.25) is 0 Å². The Kier molecular flexibility index (Phi) is 15.0. The summed E-state index contributed by atoms with van der Waals surface area (Å²) in [6.07, 6.45) is 12.3. The first-order chi connectivity index (χ1) is 25.4. The Morgan fingerprint density at radius 1 is 0.642 bits per heavy atom. The molecule has 0 saturated heterocycles. The third-order valence-electron chi connectivity index (χ3n) is 10.4. The number of anilines is 1. The van der Waals surface area contributed by atoms with Crippen LogP contribution in [0, 0.1) is 0 Å². The van der Waals surface area contributed by atoms with Gasteiger partial charge in [-0.1, -0.05) is 0 Å². The number of rotatable bonds is 12. The average Bonchev–Trinajstić information content (AvgIpc) is 3.14. The third kappa shape index (κ3) is 10.5. The zero-order valence-corrected chi connectivity index (χ0v) is 35.7. The first kappa shape index (κ1) is 41.4. The Morgan fingerprint density at radius 2 is 1.11 bits per heavy atom. The molecule has 0 aromatic heterocycles. The Morgan fingerprint density at radius 3 is 1.60 bits per heavy atom. The zero-order valence-electron chi connectivity index (χ0n) is 32.3. The van der Waals surface area contributed by atoms with Crippen molar-refractivity contribution in [3.05, 3.63) is 91.0 Å². The fourth-order valence-corrected chi connectivity index (χ4v) is 17.4. The number of benzene rings is 4. The number of hydrogen-bond acceptors (Lipinski definition) is 6. The second-order valence-electron chi connectivity index (χ2n) is 15.0. The molecular formula is C44H59NO5PPdS. The number of hydrogen-bond donors (Lipinski definition) is 1. The summed E-state index contributed by atoms with van der Waals surface area (Å²) < 4.78 is 46.8. The summed E-state index contributed by atoms with van der Waals surface area (Å²) in [4.78, 5) is 0. The van der Waals surface area contributed by atoms with E-state index in [9.17, 15) is 8.42 Å². The molecule has 1 N–H and O–H groups in total. The molecule has 0 heterocycles. The second kappa shape index (κ2) is 19.2. The number of para-hydroxylation sites is 1. The predicted octanol–water partition coefficient (Wildman–Crippen LogP) is 10.4. The monoisotopic (exact) mass is 850 g/mol. The van der Waals surface area contributed by atoms with Crippen molar-refractivity contribution in [2.45, 2.75) is 115 Å². The van der Waals surface area contributed by atoms with Crippen molar-refractivity contribution in [3.63, 3.8) is 0 Å². The molecule has 0 unspecified atom stereocenters.